The minimum Gasteiger partial charge on any atom is -0.476 e. The molecule has 1 aromatic heterocycles. The first-order chi connectivity index (χ1) is 9.11. The van der Waals surface area contributed by atoms with E-state index in [4.69, 9.17) is 5.11 Å². The van der Waals surface area contributed by atoms with Gasteiger partial charge >= 0.3 is 5.97 Å². The number of aromatic nitrogens is 3. The van der Waals surface area contributed by atoms with Crippen LogP contribution < -0.4 is 5.32 Å². The summed E-state index contributed by atoms with van der Waals surface area (Å²) in [6.07, 6.45) is 3.60. The Morgan fingerprint density at radius 3 is 2.74 bits per heavy atom. The molecule has 2 N–H and O–H groups in total. The number of likely N-dealkylation sites (tertiary alicyclic amines) is 1. The second kappa shape index (κ2) is 4.61. The number of rotatable bonds is 5. The van der Waals surface area contributed by atoms with Crippen LogP contribution in [0.2, 0.25) is 0 Å². The third-order valence-corrected chi connectivity index (χ3v) is 3.35. The predicted molar refractivity (Wildman–Crippen MR) is 63.6 cm³/mol. The third kappa shape index (κ3) is 2.73. The molecule has 1 aliphatic carbocycles. The first-order valence-electron chi connectivity index (χ1n) is 6.28. The van der Waals surface area contributed by atoms with Crippen LogP contribution in [0.1, 0.15) is 29.4 Å². The molecule has 1 saturated heterocycles. The van der Waals surface area contributed by atoms with Gasteiger partial charge < -0.3 is 10.4 Å². The first-order valence-corrected chi connectivity index (χ1v) is 6.28. The van der Waals surface area contributed by atoms with Crippen molar-refractivity contribution < 1.29 is 14.7 Å². The molecular formula is C11H15N5O3. The summed E-state index contributed by atoms with van der Waals surface area (Å²) in [4.78, 5) is 24.3. The Kier molecular flexibility index (Phi) is 2.94. The lowest BCUT2D eigenvalue weighted by Gasteiger charge is -2.38. The van der Waals surface area contributed by atoms with Crippen LogP contribution in [0.25, 0.3) is 0 Å². The van der Waals surface area contributed by atoms with E-state index in [0.29, 0.717) is 25.7 Å². The zero-order valence-electron chi connectivity index (χ0n) is 10.3. The van der Waals surface area contributed by atoms with Gasteiger partial charge in [0.2, 0.25) is 5.91 Å². The summed E-state index contributed by atoms with van der Waals surface area (Å²) in [5.74, 6) is -1.02. The van der Waals surface area contributed by atoms with Crippen molar-refractivity contribution in [3.8, 4) is 0 Å². The first kappa shape index (κ1) is 12.1. The second-order valence-corrected chi connectivity index (χ2v) is 5.08. The number of hydrogen-bond donors (Lipinski definition) is 2. The number of aromatic carboxylic acids is 1. The zero-order chi connectivity index (χ0) is 13.4. The summed E-state index contributed by atoms with van der Waals surface area (Å²) in [7, 11) is 0. The highest BCUT2D eigenvalue weighted by Crippen LogP contribution is 2.21. The van der Waals surface area contributed by atoms with Crippen LogP contribution in [0.3, 0.4) is 0 Å². The lowest BCUT2D eigenvalue weighted by molar-refractivity contribution is -0.123. The van der Waals surface area contributed by atoms with E-state index < -0.39 is 5.97 Å². The molecule has 2 fully saturated rings. The van der Waals surface area contributed by atoms with Crippen molar-refractivity contribution in [3.05, 3.63) is 11.9 Å². The standard InChI is InChI=1S/C11H15N5O3/c17-10(12-7-1-2-7)6-15-3-8(4-15)16-5-9(11(18)19)13-14-16/h5,7-8H,1-4,6H2,(H,12,17)(H,18,19). The van der Waals surface area contributed by atoms with E-state index in [1.54, 1.807) is 4.68 Å². The number of carboxylic acid groups (broad SMARTS) is 1. The lowest BCUT2D eigenvalue weighted by atomic mass is 10.1. The molecule has 102 valence electrons. The number of carbonyl (C=O) groups is 2. The van der Waals surface area contributed by atoms with Gasteiger partial charge in [-0.3, -0.25) is 9.69 Å². The monoisotopic (exact) mass is 265 g/mol. The third-order valence-electron chi connectivity index (χ3n) is 3.35. The maximum absolute atomic E-state index is 11.6. The summed E-state index contributed by atoms with van der Waals surface area (Å²) < 4.78 is 1.55. The van der Waals surface area contributed by atoms with Crippen LogP contribution in [0.15, 0.2) is 6.20 Å². The van der Waals surface area contributed by atoms with Gasteiger partial charge in [0.15, 0.2) is 5.69 Å². The van der Waals surface area contributed by atoms with E-state index in [2.05, 4.69) is 15.6 Å². The Hall–Kier alpha value is -1.96. The molecular weight excluding hydrogens is 250 g/mol. The molecule has 0 spiro atoms. The van der Waals surface area contributed by atoms with Crippen LogP contribution in [-0.4, -0.2) is 62.6 Å². The van der Waals surface area contributed by atoms with Gasteiger partial charge in [0, 0.05) is 19.1 Å². The highest BCUT2D eigenvalue weighted by atomic mass is 16.4. The van der Waals surface area contributed by atoms with Gasteiger partial charge in [-0.05, 0) is 12.8 Å². The fraction of sp³-hybridized carbons (Fsp3) is 0.636. The summed E-state index contributed by atoms with van der Waals surface area (Å²) in [6.45, 7) is 1.79. The fourth-order valence-corrected chi connectivity index (χ4v) is 2.10. The summed E-state index contributed by atoms with van der Waals surface area (Å²) in [6, 6.07) is 0.493. The molecule has 2 aliphatic rings. The Balaban J connectivity index is 1.46. The second-order valence-electron chi connectivity index (χ2n) is 5.08. The lowest BCUT2D eigenvalue weighted by Crippen LogP contribution is -2.51. The molecule has 19 heavy (non-hydrogen) atoms. The Morgan fingerprint density at radius 2 is 2.16 bits per heavy atom. The molecule has 0 atom stereocenters. The van der Waals surface area contributed by atoms with Gasteiger partial charge in [-0.1, -0.05) is 5.21 Å². The smallest absolute Gasteiger partial charge is 0.358 e. The largest absolute Gasteiger partial charge is 0.476 e. The van der Waals surface area contributed by atoms with Crippen LogP contribution in [-0.2, 0) is 4.79 Å². The molecule has 0 bridgehead atoms. The Bertz CT molecular complexity index is 504. The predicted octanol–water partition coefficient (Wildman–Crippen LogP) is -0.888. The molecule has 3 rings (SSSR count). The summed E-state index contributed by atoms with van der Waals surface area (Å²) in [5.41, 5.74) is -0.0510. The van der Waals surface area contributed by atoms with Crippen molar-refractivity contribution in [2.75, 3.05) is 19.6 Å². The van der Waals surface area contributed by atoms with Gasteiger partial charge in [-0.25, -0.2) is 9.48 Å². The van der Waals surface area contributed by atoms with Gasteiger partial charge in [-0.2, -0.15) is 0 Å². The number of amides is 1. The van der Waals surface area contributed by atoms with E-state index in [-0.39, 0.29) is 17.6 Å². The van der Waals surface area contributed by atoms with Gasteiger partial charge in [-0.15, -0.1) is 5.10 Å². The van der Waals surface area contributed by atoms with Crippen molar-refractivity contribution in [2.45, 2.75) is 24.9 Å². The molecule has 0 aromatic carbocycles. The molecule has 1 aliphatic heterocycles. The molecule has 1 amide bonds. The van der Waals surface area contributed by atoms with E-state index in [9.17, 15) is 9.59 Å². The minimum absolute atomic E-state index is 0.0510. The SMILES string of the molecule is O=C(CN1CC(n2cc(C(=O)O)nn2)C1)NC1CC1. The van der Waals surface area contributed by atoms with Gasteiger partial charge in [0.05, 0.1) is 18.8 Å². The molecule has 0 radical (unpaired) electrons. The maximum Gasteiger partial charge on any atom is 0.358 e. The van der Waals surface area contributed by atoms with Crippen molar-refractivity contribution in [1.29, 1.82) is 0 Å². The van der Waals surface area contributed by atoms with Crippen molar-refractivity contribution >= 4 is 11.9 Å². The van der Waals surface area contributed by atoms with Crippen molar-refractivity contribution in [3.63, 3.8) is 0 Å². The van der Waals surface area contributed by atoms with Crippen molar-refractivity contribution in [1.82, 2.24) is 25.2 Å². The normalized spacial score (nSPS) is 20.0. The van der Waals surface area contributed by atoms with E-state index in [1.807, 2.05) is 4.90 Å². The summed E-state index contributed by atoms with van der Waals surface area (Å²) >= 11 is 0. The van der Waals surface area contributed by atoms with E-state index in [0.717, 1.165) is 12.8 Å². The maximum atomic E-state index is 11.6. The number of hydrogen-bond acceptors (Lipinski definition) is 5. The average Bonchev–Trinajstić information content (AvgIpc) is 2.97. The number of carboxylic acids is 1. The highest BCUT2D eigenvalue weighted by molar-refractivity contribution is 5.84. The van der Waals surface area contributed by atoms with E-state index >= 15 is 0 Å². The van der Waals surface area contributed by atoms with Gasteiger partial charge in [0.1, 0.15) is 0 Å². The Morgan fingerprint density at radius 1 is 1.42 bits per heavy atom. The molecule has 0 unspecified atom stereocenters. The zero-order valence-corrected chi connectivity index (χ0v) is 10.3. The van der Waals surface area contributed by atoms with Crippen molar-refractivity contribution in [2.24, 2.45) is 0 Å². The summed E-state index contributed by atoms with van der Waals surface area (Å²) in [5, 5.41) is 19.0. The minimum atomic E-state index is -1.08. The quantitative estimate of drug-likeness (QED) is 0.716. The highest BCUT2D eigenvalue weighted by Gasteiger charge is 2.32. The fourth-order valence-electron chi connectivity index (χ4n) is 2.10. The van der Waals surface area contributed by atoms with Crippen LogP contribution in [0.4, 0.5) is 0 Å². The van der Waals surface area contributed by atoms with Gasteiger partial charge in [0.25, 0.3) is 0 Å². The topological polar surface area (TPSA) is 100 Å². The number of nitrogens with one attached hydrogen (secondary N) is 1. The average molecular weight is 265 g/mol. The van der Waals surface area contributed by atoms with Crippen LogP contribution >= 0.6 is 0 Å². The van der Waals surface area contributed by atoms with Crippen LogP contribution in [0.5, 0.6) is 0 Å². The molecule has 8 nitrogen and oxygen atoms in total. The molecule has 8 heteroatoms. The molecule has 1 saturated carbocycles. The number of nitrogens with zero attached hydrogens (tertiary/aromatic N) is 4. The number of carbonyl (C=O) groups excluding carboxylic acids is 1. The molecule has 1 aromatic rings. The Labute approximate surface area is 109 Å². The van der Waals surface area contributed by atoms with E-state index in [1.165, 1.54) is 6.20 Å². The molecule has 2 heterocycles. The van der Waals surface area contributed by atoms with Crippen LogP contribution in [0, 0.1) is 0 Å².